The zero-order chi connectivity index (χ0) is 28.1. The van der Waals surface area contributed by atoms with Crippen LogP contribution in [-0.4, -0.2) is 26.5 Å². The van der Waals surface area contributed by atoms with E-state index in [1.54, 1.807) is 18.2 Å². The van der Waals surface area contributed by atoms with Crippen LogP contribution in [0.3, 0.4) is 0 Å². The molecule has 3 aliphatic carbocycles. The molecule has 0 aliphatic heterocycles. The maximum absolute atomic E-state index is 13.0. The molecule has 2 saturated carbocycles. The van der Waals surface area contributed by atoms with E-state index >= 15 is 0 Å². The van der Waals surface area contributed by atoms with Gasteiger partial charge in [0.05, 0.1) is 16.0 Å². The van der Waals surface area contributed by atoms with E-state index in [1.807, 2.05) is 30.3 Å². The second kappa shape index (κ2) is 10.2. The molecule has 3 unspecified atom stereocenters. The molecule has 5 atom stereocenters. The molecule has 0 saturated heterocycles. The Balaban J connectivity index is 1.16. The van der Waals surface area contributed by atoms with Gasteiger partial charge < -0.3 is 9.47 Å². The van der Waals surface area contributed by atoms with Crippen LogP contribution in [-0.2, 0) is 21.2 Å². The molecule has 2 N–H and O–H groups in total. The quantitative estimate of drug-likeness (QED) is 0.320. The minimum atomic E-state index is -3.91. The molecule has 8 heteroatoms. The van der Waals surface area contributed by atoms with Crippen molar-refractivity contribution in [1.82, 2.24) is 0 Å². The maximum atomic E-state index is 13.0. The van der Waals surface area contributed by atoms with Gasteiger partial charge in [-0.3, -0.25) is 0 Å². The number of ether oxygens (including phenoxy) is 2. The molecule has 0 amide bonds. The maximum Gasteiger partial charge on any atom is 0.343 e. The van der Waals surface area contributed by atoms with Gasteiger partial charge in [-0.15, -0.1) is 0 Å². The summed E-state index contributed by atoms with van der Waals surface area (Å²) in [6, 6.07) is 20.8. The minimum Gasteiger partial charge on any atom is -0.458 e. The van der Waals surface area contributed by atoms with Gasteiger partial charge >= 0.3 is 11.9 Å². The summed E-state index contributed by atoms with van der Waals surface area (Å²) in [5, 5.41) is 5.25. The number of aryl methyl sites for hydroxylation is 1. The van der Waals surface area contributed by atoms with Crippen molar-refractivity contribution in [2.24, 2.45) is 22.4 Å². The van der Waals surface area contributed by atoms with Gasteiger partial charge in [-0.25, -0.2) is 23.1 Å². The third kappa shape index (κ3) is 4.84. The third-order valence-corrected chi connectivity index (χ3v) is 10.4. The number of carbonyl (C=O) groups excluding carboxylic acids is 2. The summed E-state index contributed by atoms with van der Waals surface area (Å²) in [5.41, 5.74) is 3.19. The second-order valence-electron chi connectivity index (χ2n) is 11.6. The fourth-order valence-corrected chi connectivity index (χ4v) is 8.06. The summed E-state index contributed by atoms with van der Waals surface area (Å²) in [6.45, 7) is 2.25. The summed E-state index contributed by atoms with van der Waals surface area (Å²) < 4.78 is 35.2. The number of carbonyl (C=O) groups is 2. The van der Waals surface area contributed by atoms with Crippen LogP contribution in [0.2, 0.25) is 0 Å². The van der Waals surface area contributed by atoms with Gasteiger partial charge in [-0.1, -0.05) is 37.3 Å². The Kier molecular flexibility index (Phi) is 6.79. The van der Waals surface area contributed by atoms with Gasteiger partial charge in [0, 0.05) is 5.41 Å². The first kappa shape index (κ1) is 26.7. The largest absolute Gasteiger partial charge is 0.458 e. The average Bonchev–Trinajstić information content (AvgIpc) is 3.28. The van der Waals surface area contributed by atoms with Crippen molar-refractivity contribution in [3.05, 3.63) is 95.1 Å². The van der Waals surface area contributed by atoms with E-state index in [1.165, 1.54) is 29.3 Å². The Morgan fingerprint density at radius 3 is 2.42 bits per heavy atom. The number of hydrogen-bond acceptors (Lipinski definition) is 6. The molecule has 0 aromatic heterocycles. The smallest absolute Gasteiger partial charge is 0.343 e. The van der Waals surface area contributed by atoms with Gasteiger partial charge in [0.1, 0.15) is 11.9 Å². The summed E-state index contributed by atoms with van der Waals surface area (Å²) in [5.74, 6) is 1.08. The van der Waals surface area contributed by atoms with Crippen LogP contribution in [0, 0.1) is 17.3 Å². The molecule has 7 nitrogen and oxygen atoms in total. The lowest BCUT2D eigenvalue weighted by atomic mass is 9.55. The van der Waals surface area contributed by atoms with Gasteiger partial charge in [0.25, 0.3) is 0 Å². The average molecular weight is 560 g/mol. The highest BCUT2D eigenvalue weighted by Crippen LogP contribution is 2.61. The highest BCUT2D eigenvalue weighted by molar-refractivity contribution is 7.89. The fourth-order valence-electron chi connectivity index (χ4n) is 7.51. The van der Waals surface area contributed by atoms with E-state index in [-0.39, 0.29) is 27.9 Å². The predicted octanol–water partition coefficient (Wildman–Crippen LogP) is 5.63. The van der Waals surface area contributed by atoms with Gasteiger partial charge in [-0.2, -0.15) is 0 Å². The van der Waals surface area contributed by atoms with E-state index < -0.39 is 16.0 Å². The van der Waals surface area contributed by atoms with E-state index in [4.69, 9.17) is 14.6 Å². The highest BCUT2D eigenvalue weighted by Gasteiger charge is 2.56. The molecule has 208 valence electrons. The fraction of sp³-hybridized carbons (Fsp3) is 0.375. The lowest BCUT2D eigenvalue weighted by molar-refractivity contribution is -0.0428. The standard InChI is InChI=1S/C32H33NO6S/c1-32-17-16-26-25-13-11-23(38-30(34)20-6-3-2-4-7-20)18-21(25)10-12-27(26)28(32)14-15-29(32)39-31(35)22-8-5-9-24(19-22)40(33,36)37/h2-9,11,13,18-19,26-29H,10,12,14-17H2,1H3,(H2,33,36,37)/t26?,27?,28?,29-,32-/m0/s1. The van der Waals surface area contributed by atoms with E-state index in [0.29, 0.717) is 29.1 Å². The van der Waals surface area contributed by atoms with Crippen molar-refractivity contribution < 1.29 is 27.5 Å². The van der Waals surface area contributed by atoms with Crippen molar-refractivity contribution in [2.45, 2.75) is 62.4 Å². The molecule has 0 spiro atoms. The Morgan fingerprint density at radius 2 is 1.65 bits per heavy atom. The number of hydrogen-bond donors (Lipinski definition) is 1. The Morgan fingerprint density at radius 1 is 0.875 bits per heavy atom. The Bertz CT molecular complexity index is 1570. The molecule has 0 bridgehead atoms. The molecular formula is C32H33NO6S. The number of nitrogens with two attached hydrogens (primary N) is 1. The van der Waals surface area contributed by atoms with Crippen LogP contribution in [0.25, 0.3) is 0 Å². The van der Waals surface area contributed by atoms with E-state index in [0.717, 1.165) is 38.5 Å². The van der Waals surface area contributed by atoms with Gasteiger partial charge in [-0.05, 0) is 110 Å². The molecule has 0 radical (unpaired) electrons. The number of rotatable bonds is 5. The summed E-state index contributed by atoms with van der Waals surface area (Å²) >= 11 is 0. The lowest BCUT2D eigenvalue weighted by Gasteiger charge is -2.50. The van der Waals surface area contributed by atoms with Gasteiger partial charge in [0.2, 0.25) is 10.0 Å². The second-order valence-corrected chi connectivity index (χ2v) is 13.2. The van der Waals surface area contributed by atoms with Crippen LogP contribution >= 0.6 is 0 Å². The van der Waals surface area contributed by atoms with Crippen molar-refractivity contribution >= 4 is 22.0 Å². The summed E-state index contributed by atoms with van der Waals surface area (Å²) in [6.07, 6.45) is 5.49. The molecule has 6 rings (SSSR count). The number of fused-ring (bicyclic) bond motifs is 5. The molecular weight excluding hydrogens is 526 g/mol. The number of benzene rings is 3. The molecule has 2 fully saturated rings. The van der Waals surface area contributed by atoms with Crippen molar-refractivity contribution in [3.63, 3.8) is 0 Å². The lowest BCUT2D eigenvalue weighted by Crippen LogP contribution is -2.45. The van der Waals surface area contributed by atoms with Crippen LogP contribution in [0.15, 0.2) is 77.7 Å². The first-order chi connectivity index (χ1) is 19.1. The number of esters is 2. The first-order valence-corrected chi connectivity index (χ1v) is 15.4. The minimum absolute atomic E-state index is 0.100. The monoisotopic (exact) mass is 559 g/mol. The van der Waals surface area contributed by atoms with Crippen LogP contribution in [0.1, 0.15) is 76.8 Å². The van der Waals surface area contributed by atoms with E-state index in [2.05, 4.69) is 13.0 Å². The molecule has 40 heavy (non-hydrogen) atoms. The Labute approximate surface area is 234 Å². The normalized spacial score (nSPS) is 27.1. The van der Waals surface area contributed by atoms with Crippen LogP contribution in [0.4, 0.5) is 0 Å². The highest BCUT2D eigenvalue weighted by atomic mass is 32.2. The van der Waals surface area contributed by atoms with Crippen molar-refractivity contribution in [2.75, 3.05) is 0 Å². The molecule has 3 aromatic rings. The zero-order valence-electron chi connectivity index (χ0n) is 22.4. The summed E-state index contributed by atoms with van der Waals surface area (Å²) in [4.78, 5) is 25.5. The third-order valence-electron chi connectivity index (χ3n) is 9.48. The number of primary sulfonamides is 1. The van der Waals surface area contributed by atoms with Crippen molar-refractivity contribution in [1.29, 1.82) is 0 Å². The molecule has 0 heterocycles. The van der Waals surface area contributed by atoms with Crippen LogP contribution < -0.4 is 9.88 Å². The van der Waals surface area contributed by atoms with Crippen molar-refractivity contribution in [3.8, 4) is 5.75 Å². The molecule has 3 aromatic carbocycles. The SMILES string of the molecule is C[C@]12CCC3c4ccc(OC(=O)c5ccccc5)cc4CCC3C1CC[C@@H]2OC(=O)c1cccc(S(N)(=O)=O)c1. The first-order valence-electron chi connectivity index (χ1n) is 13.9. The predicted molar refractivity (Wildman–Crippen MR) is 149 cm³/mol. The van der Waals surface area contributed by atoms with E-state index in [9.17, 15) is 18.0 Å². The van der Waals surface area contributed by atoms with Crippen LogP contribution in [0.5, 0.6) is 5.75 Å². The number of sulfonamides is 1. The topological polar surface area (TPSA) is 113 Å². The zero-order valence-corrected chi connectivity index (χ0v) is 23.2. The van der Waals surface area contributed by atoms with Gasteiger partial charge in [0.15, 0.2) is 0 Å². The molecule has 3 aliphatic rings. The Hall–Kier alpha value is -3.49. The summed E-state index contributed by atoms with van der Waals surface area (Å²) in [7, 11) is -3.91.